The molecule has 0 saturated heterocycles. The van der Waals surface area contributed by atoms with Crippen LogP contribution in [-0.2, 0) is 5.88 Å². The highest BCUT2D eigenvalue weighted by Crippen LogP contribution is 2.41. The molecule has 4 heteroatoms. The van der Waals surface area contributed by atoms with Crippen LogP contribution in [0.15, 0.2) is 18.2 Å². The molecule has 0 aliphatic heterocycles. The van der Waals surface area contributed by atoms with Crippen molar-refractivity contribution in [1.82, 2.24) is 9.55 Å². The third-order valence-corrected chi connectivity index (χ3v) is 3.81. The maximum atomic E-state index is 13.7. The van der Waals surface area contributed by atoms with E-state index in [0.717, 1.165) is 11.3 Å². The first-order valence-electron chi connectivity index (χ1n) is 5.93. The molecule has 0 amide bonds. The standard InChI is InChI=1S/C13H14ClFN2/c1-8(9-5-6-9)17-11-4-2-3-10(15)13(11)16-12(17)7-14/h2-4,8-9H,5-7H2,1H3. The molecule has 1 atom stereocenters. The van der Waals surface area contributed by atoms with E-state index in [-0.39, 0.29) is 5.82 Å². The van der Waals surface area contributed by atoms with E-state index in [1.807, 2.05) is 6.07 Å². The lowest BCUT2D eigenvalue weighted by atomic mass is 10.2. The minimum atomic E-state index is -0.268. The molecule has 0 N–H and O–H groups in total. The molecule has 1 aliphatic rings. The summed E-state index contributed by atoms with van der Waals surface area (Å²) in [4.78, 5) is 4.32. The molecular weight excluding hydrogens is 239 g/mol. The summed E-state index contributed by atoms with van der Waals surface area (Å²) in [6.45, 7) is 2.17. The lowest BCUT2D eigenvalue weighted by Gasteiger charge is -2.16. The molecule has 17 heavy (non-hydrogen) atoms. The average molecular weight is 253 g/mol. The molecule has 0 radical (unpaired) electrons. The summed E-state index contributed by atoms with van der Waals surface area (Å²) in [6, 6.07) is 5.45. The topological polar surface area (TPSA) is 17.8 Å². The summed E-state index contributed by atoms with van der Waals surface area (Å²) < 4.78 is 15.8. The zero-order chi connectivity index (χ0) is 12.0. The molecular formula is C13H14ClFN2. The van der Waals surface area contributed by atoms with Crippen LogP contribution in [0.1, 0.15) is 31.6 Å². The highest BCUT2D eigenvalue weighted by atomic mass is 35.5. The van der Waals surface area contributed by atoms with Crippen molar-refractivity contribution >= 4 is 22.6 Å². The number of benzene rings is 1. The highest BCUT2D eigenvalue weighted by Gasteiger charge is 2.31. The van der Waals surface area contributed by atoms with E-state index >= 15 is 0 Å². The number of hydrogen-bond donors (Lipinski definition) is 0. The summed E-state index contributed by atoms with van der Waals surface area (Å²) in [5, 5.41) is 0. The van der Waals surface area contributed by atoms with E-state index in [0.29, 0.717) is 23.4 Å². The van der Waals surface area contributed by atoms with Crippen molar-refractivity contribution in [2.75, 3.05) is 0 Å². The second-order valence-corrected chi connectivity index (χ2v) is 4.98. The molecule has 0 bridgehead atoms. The van der Waals surface area contributed by atoms with Crippen LogP contribution < -0.4 is 0 Å². The Kier molecular flexibility index (Phi) is 2.58. The first-order valence-corrected chi connectivity index (χ1v) is 6.47. The second-order valence-electron chi connectivity index (χ2n) is 4.72. The summed E-state index contributed by atoms with van der Waals surface area (Å²) in [7, 11) is 0. The molecule has 1 aromatic heterocycles. The molecule has 1 unspecified atom stereocenters. The minimum Gasteiger partial charge on any atom is -0.324 e. The fourth-order valence-electron chi connectivity index (χ4n) is 2.47. The molecule has 1 saturated carbocycles. The quantitative estimate of drug-likeness (QED) is 0.758. The third kappa shape index (κ3) is 1.73. The summed E-state index contributed by atoms with van der Waals surface area (Å²) in [5.74, 6) is 1.52. The summed E-state index contributed by atoms with van der Waals surface area (Å²) >= 11 is 5.92. The average Bonchev–Trinajstić information content (AvgIpc) is 3.09. The summed E-state index contributed by atoms with van der Waals surface area (Å²) in [6.07, 6.45) is 2.50. The van der Waals surface area contributed by atoms with E-state index in [1.165, 1.54) is 18.9 Å². The fraction of sp³-hybridized carbons (Fsp3) is 0.462. The van der Waals surface area contributed by atoms with Crippen molar-refractivity contribution in [2.24, 2.45) is 5.92 Å². The number of fused-ring (bicyclic) bond motifs is 1. The SMILES string of the molecule is CC(C1CC1)n1c(CCl)nc2c(F)cccc21. The van der Waals surface area contributed by atoms with E-state index in [9.17, 15) is 4.39 Å². The zero-order valence-electron chi connectivity index (χ0n) is 9.66. The molecule has 3 rings (SSSR count). The number of alkyl halides is 1. The Labute approximate surface area is 104 Å². The maximum Gasteiger partial charge on any atom is 0.151 e. The lowest BCUT2D eigenvalue weighted by Crippen LogP contribution is -2.10. The molecule has 1 fully saturated rings. The van der Waals surface area contributed by atoms with Crippen molar-refractivity contribution in [3.8, 4) is 0 Å². The Morgan fingerprint density at radius 3 is 2.94 bits per heavy atom. The highest BCUT2D eigenvalue weighted by molar-refractivity contribution is 6.16. The van der Waals surface area contributed by atoms with E-state index in [2.05, 4.69) is 16.5 Å². The summed E-state index contributed by atoms with van der Waals surface area (Å²) in [5.41, 5.74) is 1.30. The van der Waals surface area contributed by atoms with Gasteiger partial charge in [0.15, 0.2) is 5.82 Å². The Morgan fingerprint density at radius 1 is 1.53 bits per heavy atom. The van der Waals surface area contributed by atoms with Crippen LogP contribution in [0.5, 0.6) is 0 Å². The smallest absolute Gasteiger partial charge is 0.151 e. The number of imidazole rings is 1. The zero-order valence-corrected chi connectivity index (χ0v) is 10.4. The Bertz CT molecular complexity index is 560. The van der Waals surface area contributed by atoms with Gasteiger partial charge in [0.1, 0.15) is 11.3 Å². The molecule has 1 aromatic carbocycles. The number of hydrogen-bond acceptors (Lipinski definition) is 1. The van der Waals surface area contributed by atoms with Gasteiger partial charge in [0.2, 0.25) is 0 Å². The van der Waals surface area contributed by atoms with E-state index in [1.54, 1.807) is 6.07 Å². The van der Waals surface area contributed by atoms with Crippen LogP contribution in [0.3, 0.4) is 0 Å². The van der Waals surface area contributed by atoms with Gasteiger partial charge in [0, 0.05) is 6.04 Å². The molecule has 0 spiro atoms. The van der Waals surface area contributed by atoms with Crippen LogP contribution in [0.2, 0.25) is 0 Å². The molecule has 2 nitrogen and oxygen atoms in total. The van der Waals surface area contributed by atoms with Gasteiger partial charge in [-0.05, 0) is 37.8 Å². The van der Waals surface area contributed by atoms with Gasteiger partial charge < -0.3 is 4.57 Å². The Balaban J connectivity index is 2.22. The first-order chi connectivity index (χ1) is 8.22. The van der Waals surface area contributed by atoms with E-state index in [4.69, 9.17) is 11.6 Å². The number of aromatic nitrogens is 2. The van der Waals surface area contributed by atoms with Gasteiger partial charge in [-0.1, -0.05) is 6.07 Å². The lowest BCUT2D eigenvalue weighted by molar-refractivity contribution is 0.486. The number of halogens is 2. The van der Waals surface area contributed by atoms with Crippen molar-refractivity contribution in [1.29, 1.82) is 0 Å². The van der Waals surface area contributed by atoms with Gasteiger partial charge in [0.25, 0.3) is 0 Å². The monoisotopic (exact) mass is 252 g/mol. The van der Waals surface area contributed by atoms with Crippen molar-refractivity contribution in [3.63, 3.8) is 0 Å². The third-order valence-electron chi connectivity index (χ3n) is 3.57. The molecule has 2 aromatic rings. The van der Waals surface area contributed by atoms with Crippen LogP contribution in [0.25, 0.3) is 11.0 Å². The predicted molar refractivity (Wildman–Crippen MR) is 66.7 cm³/mol. The fourth-order valence-corrected chi connectivity index (χ4v) is 2.66. The van der Waals surface area contributed by atoms with Gasteiger partial charge in [-0.25, -0.2) is 9.37 Å². The van der Waals surface area contributed by atoms with Crippen molar-refractivity contribution in [3.05, 3.63) is 29.8 Å². The number of para-hydroxylation sites is 1. The van der Waals surface area contributed by atoms with Crippen molar-refractivity contribution < 1.29 is 4.39 Å². The normalized spacial score (nSPS) is 17.6. The molecule has 90 valence electrons. The Hall–Kier alpha value is -1.09. The molecule has 1 heterocycles. The van der Waals surface area contributed by atoms with Gasteiger partial charge in [-0.3, -0.25) is 0 Å². The van der Waals surface area contributed by atoms with Crippen molar-refractivity contribution in [2.45, 2.75) is 31.7 Å². The number of rotatable bonds is 3. The largest absolute Gasteiger partial charge is 0.324 e. The van der Waals surface area contributed by atoms with Crippen LogP contribution in [0, 0.1) is 11.7 Å². The Morgan fingerprint density at radius 2 is 2.29 bits per heavy atom. The van der Waals surface area contributed by atoms with Crippen LogP contribution in [-0.4, -0.2) is 9.55 Å². The first kappa shape index (κ1) is 11.0. The van der Waals surface area contributed by atoms with Gasteiger partial charge >= 0.3 is 0 Å². The van der Waals surface area contributed by atoms with Crippen LogP contribution in [0.4, 0.5) is 4.39 Å². The minimum absolute atomic E-state index is 0.268. The van der Waals surface area contributed by atoms with Gasteiger partial charge in [0.05, 0.1) is 11.4 Å². The van der Waals surface area contributed by atoms with Gasteiger partial charge in [-0.15, -0.1) is 11.6 Å². The second kappa shape index (κ2) is 3.98. The van der Waals surface area contributed by atoms with Crippen LogP contribution >= 0.6 is 11.6 Å². The molecule has 1 aliphatic carbocycles. The van der Waals surface area contributed by atoms with E-state index < -0.39 is 0 Å². The predicted octanol–water partition coefficient (Wildman–Crippen LogP) is 3.89. The number of nitrogens with zero attached hydrogens (tertiary/aromatic N) is 2. The van der Waals surface area contributed by atoms with Gasteiger partial charge in [-0.2, -0.15) is 0 Å². The maximum absolute atomic E-state index is 13.7.